The highest BCUT2D eigenvalue weighted by Crippen LogP contribution is 2.29. The number of fused-ring (bicyclic) bond motifs is 2. The van der Waals surface area contributed by atoms with Crippen LogP contribution in [0.2, 0.25) is 0 Å². The van der Waals surface area contributed by atoms with Gasteiger partial charge in [-0.15, -0.1) is 12.4 Å². The van der Waals surface area contributed by atoms with Gasteiger partial charge in [0.15, 0.2) is 0 Å². The predicted octanol–water partition coefficient (Wildman–Crippen LogP) is 2.62. The molecule has 0 radical (unpaired) electrons. The molecule has 2 aliphatic rings. The average molecular weight is 319 g/mol. The van der Waals surface area contributed by atoms with E-state index in [-0.39, 0.29) is 12.4 Å². The van der Waals surface area contributed by atoms with Gasteiger partial charge in [0.25, 0.3) is 0 Å². The summed E-state index contributed by atoms with van der Waals surface area (Å²) in [5.74, 6) is 1.15. The Morgan fingerprint density at radius 3 is 2.77 bits per heavy atom. The van der Waals surface area contributed by atoms with Crippen molar-refractivity contribution in [3.8, 4) is 5.69 Å². The fourth-order valence-electron chi connectivity index (χ4n) is 3.78. The molecule has 2 atom stereocenters. The van der Waals surface area contributed by atoms with E-state index in [1.807, 2.05) is 6.20 Å². The normalized spacial score (nSPS) is 24.7. The first-order valence-corrected chi connectivity index (χ1v) is 7.96. The average Bonchev–Trinajstić information content (AvgIpc) is 3.05. The second kappa shape index (κ2) is 6.82. The number of nitrogens with one attached hydrogen (secondary N) is 1. The van der Waals surface area contributed by atoms with E-state index in [2.05, 4.69) is 56.3 Å². The lowest BCUT2D eigenvalue weighted by molar-refractivity contribution is 0.188. The summed E-state index contributed by atoms with van der Waals surface area (Å²) in [5.41, 5.74) is 1.20. The van der Waals surface area contributed by atoms with Crippen LogP contribution >= 0.6 is 12.4 Å². The van der Waals surface area contributed by atoms with Crippen LogP contribution in [0, 0.1) is 0 Å². The van der Waals surface area contributed by atoms with Crippen LogP contribution in [-0.4, -0.2) is 39.6 Å². The van der Waals surface area contributed by atoms with Gasteiger partial charge in [0.1, 0.15) is 5.82 Å². The van der Waals surface area contributed by atoms with Gasteiger partial charge in [-0.25, -0.2) is 4.98 Å². The van der Waals surface area contributed by atoms with E-state index in [4.69, 9.17) is 0 Å². The first kappa shape index (κ1) is 15.5. The molecule has 5 heteroatoms. The highest BCUT2D eigenvalue weighted by molar-refractivity contribution is 5.85. The summed E-state index contributed by atoms with van der Waals surface area (Å²) in [6.45, 7) is 3.24. The molecule has 0 spiro atoms. The molecule has 2 aromatic rings. The zero-order valence-corrected chi connectivity index (χ0v) is 13.5. The van der Waals surface area contributed by atoms with Crippen molar-refractivity contribution in [2.75, 3.05) is 13.1 Å². The van der Waals surface area contributed by atoms with Gasteiger partial charge in [-0.3, -0.25) is 4.90 Å². The summed E-state index contributed by atoms with van der Waals surface area (Å²) in [7, 11) is 0. The standard InChI is InChI=1S/C17H22N4.ClH/c1-2-4-14(5-3-1)20-11-10-19-17(20)13-21-15-6-7-16(21)12-18-9-8-15;/h1-5,10-11,15-16,18H,6-9,12-13H2;1H. The molecule has 0 aliphatic carbocycles. The molecular formula is C17H23ClN4. The molecule has 3 heterocycles. The first-order valence-electron chi connectivity index (χ1n) is 7.96. The Balaban J connectivity index is 0.00000144. The molecule has 0 saturated carbocycles. The molecule has 0 amide bonds. The molecular weight excluding hydrogens is 296 g/mol. The molecule has 4 nitrogen and oxygen atoms in total. The van der Waals surface area contributed by atoms with Crippen LogP contribution in [-0.2, 0) is 6.54 Å². The molecule has 1 aromatic heterocycles. The van der Waals surface area contributed by atoms with E-state index in [0.29, 0.717) is 6.04 Å². The lowest BCUT2D eigenvalue weighted by atomic mass is 10.1. The zero-order valence-electron chi connectivity index (χ0n) is 12.7. The lowest BCUT2D eigenvalue weighted by Gasteiger charge is -2.27. The van der Waals surface area contributed by atoms with Gasteiger partial charge in [0, 0.05) is 36.7 Å². The molecule has 2 fully saturated rings. The SMILES string of the molecule is Cl.c1ccc(-n2ccnc2CN2C3CCNCC2CC3)cc1. The van der Waals surface area contributed by atoms with Crippen LogP contribution in [0.1, 0.15) is 25.1 Å². The Labute approximate surface area is 137 Å². The van der Waals surface area contributed by atoms with Gasteiger partial charge >= 0.3 is 0 Å². The third-order valence-electron chi connectivity index (χ3n) is 4.88. The zero-order chi connectivity index (χ0) is 14.1. The number of hydrogen-bond acceptors (Lipinski definition) is 3. The monoisotopic (exact) mass is 318 g/mol. The van der Waals surface area contributed by atoms with Gasteiger partial charge < -0.3 is 9.88 Å². The maximum atomic E-state index is 4.61. The molecule has 22 heavy (non-hydrogen) atoms. The summed E-state index contributed by atoms with van der Waals surface area (Å²) < 4.78 is 2.22. The van der Waals surface area contributed by atoms with Crippen molar-refractivity contribution in [1.82, 2.24) is 19.8 Å². The van der Waals surface area contributed by atoms with Crippen LogP contribution in [0.3, 0.4) is 0 Å². The molecule has 4 rings (SSSR count). The Morgan fingerprint density at radius 2 is 1.91 bits per heavy atom. The Hall–Kier alpha value is -1.36. The maximum absolute atomic E-state index is 4.61. The van der Waals surface area contributed by atoms with E-state index in [1.165, 1.54) is 24.9 Å². The largest absolute Gasteiger partial charge is 0.315 e. The molecule has 2 saturated heterocycles. The number of nitrogens with zero attached hydrogens (tertiary/aromatic N) is 3. The van der Waals surface area contributed by atoms with E-state index in [1.54, 1.807) is 0 Å². The van der Waals surface area contributed by atoms with Crippen LogP contribution in [0.5, 0.6) is 0 Å². The van der Waals surface area contributed by atoms with Crippen molar-refractivity contribution < 1.29 is 0 Å². The van der Waals surface area contributed by atoms with Gasteiger partial charge in [-0.2, -0.15) is 0 Å². The second-order valence-corrected chi connectivity index (χ2v) is 6.10. The fourth-order valence-corrected chi connectivity index (χ4v) is 3.78. The summed E-state index contributed by atoms with van der Waals surface area (Å²) in [5, 5.41) is 3.57. The van der Waals surface area contributed by atoms with Crippen molar-refractivity contribution in [3.05, 3.63) is 48.5 Å². The molecule has 2 bridgehead atoms. The number of aromatic nitrogens is 2. The minimum Gasteiger partial charge on any atom is -0.315 e. The highest BCUT2D eigenvalue weighted by Gasteiger charge is 2.35. The maximum Gasteiger partial charge on any atom is 0.127 e. The number of rotatable bonds is 3. The predicted molar refractivity (Wildman–Crippen MR) is 90.7 cm³/mol. The summed E-state index contributed by atoms with van der Waals surface area (Å²) >= 11 is 0. The molecule has 1 aromatic carbocycles. The third kappa shape index (κ3) is 2.91. The number of benzene rings is 1. The minimum absolute atomic E-state index is 0. The number of imidazole rings is 1. The molecule has 2 aliphatic heterocycles. The molecule has 2 unspecified atom stereocenters. The van der Waals surface area contributed by atoms with Crippen LogP contribution in [0.25, 0.3) is 5.69 Å². The topological polar surface area (TPSA) is 33.1 Å². The second-order valence-electron chi connectivity index (χ2n) is 6.10. The number of para-hydroxylation sites is 1. The quantitative estimate of drug-likeness (QED) is 0.944. The van der Waals surface area contributed by atoms with E-state index in [9.17, 15) is 0 Å². The fraction of sp³-hybridized carbons (Fsp3) is 0.471. The van der Waals surface area contributed by atoms with Crippen molar-refractivity contribution in [1.29, 1.82) is 0 Å². The number of hydrogen-bond donors (Lipinski definition) is 1. The van der Waals surface area contributed by atoms with Gasteiger partial charge in [0.2, 0.25) is 0 Å². The summed E-state index contributed by atoms with van der Waals surface area (Å²) in [4.78, 5) is 7.28. The van der Waals surface area contributed by atoms with E-state index >= 15 is 0 Å². The number of halogens is 1. The van der Waals surface area contributed by atoms with Crippen LogP contribution in [0.4, 0.5) is 0 Å². The van der Waals surface area contributed by atoms with Crippen molar-refractivity contribution in [2.45, 2.75) is 37.9 Å². The van der Waals surface area contributed by atoms with Crippen molar-refractivity contribution in [2.24, 2.45) is 0 Å². The Morgan fingerprint density at radius 1 is 1.09 bits per heavy atom. The smallest absolute Gasteiger partial charge is 0.127 e. The first-order chi connectivity index (χ1) is 10.4. The van der Waals surface area contributed by atoms with E-state index < -0.39 is 0 Å². The van der Waals surface area contributed by atoms with Crippen molar-refractivity contribution in [3.63, 3.8) is 0 Å². The summed E-state index contributed by atoms with van der Waals surface area (Å²) in [6.07, 6.45) is 7.92. The Bertz CT molecular complexity index is 584. The van der Waals surface area contributed by atoms with E-state index in [0.717, 1.165) is 31.5 Å². The summed E-state index contributed by atoms with van der Waals surface area (Å²) in [6, 6.07) is 11.9. The molecule has 118 valence electrons. The minimum atomic E-state index is 0. The lowest BCUT2D eigenvalue weighted by Crippen LogP contribution is -2.38. The Kier molecular flexibility index (Phi) is 4.81. The van der Waals surface area contributed by atoms with Gasteiger partial charge in [-0.1, -0.05) is 18.2 Å². The van der Waals surface area contributed by atoms with Gasteiger partial charge in [0.05, 0.1) is 6.54 Å². The van der Waals surface area contributed by atoms with Crippen LogP contribution in [0.15, 0.2) is 42.7 Å². The third-order valence-corrected chi connectivity index (χ3v) is 4.88. The molecule has 1 N–H and O–H groups in total. The van der Waals surface area contributed by atoms with Gasteiger partial charge in [-0.05, 0) is 37.9 Å². The van der Waals surface area contributed by atoms with Crippen molar-refractivity contribution >= 4 is 12.4 Å². The highest BCUT2D eigenvalue weighted by atomic mass is 35.5. The van der Waals surface area contributed by atoms with Crippen LogP contribution < -0.4 is 5.32 Å².